The van der Waals surface area contributed by atoms with E-state index in [1.54, 1.807) is 9.80 Å². The molecule has 0 spiro atoms. The van der Waals surface area contributed by atoms with Gasteiger partial charge in [-0.25, -0.2) is 4.68 Å². The predicted octanol–water partition coefficient (Wildman–Crippen LogP) is 0.372. The normalized spacial score (nSPS) is 22.3. The number of nitrogens with one attached hydrogen (secondary N) is 2. The Hall–Kier alpha value is -2.19. The van der Waals surface area contributed by atoms with E-state index in [4.69, 9.17) is 9.47 Å². The molecule has 164 valence electrons. The summed E-state index contributed by atoms with van der Waals surface area (Å²) in [7, 11) is 0. The summed E-state index contributed by atoms with van der Waals surface area (Å²) in [6.07, 6.45) is 3.26. The SMILES string of the molecule is CCC[C@@H](c1nnnn1C(C)(C)CC)[NH+]1CC[NH+](Cc2ccc3c(c2)OCO3)CC1. The minimum atomic E-state index is -0.0588. The van der Waals surface area contributed by atoms with Crippen molar-refractivity contribution in [2.75, 3.05) is 33.0 Å². The Kier molecular flexibility index (Phi) is 6.24. The average Bonchev–Trinajstić information content (AvgIpc) is 3.42. The van der Waals surface area contributed by atoms with Gasteiger partial charge in [-0.2, -0.15) is 0 Å². The fraction of sp³-hybridized carbons (Fsp3) is 0.682. The van der Waals surface area contributed by atoms with Gasteiger partial charge >= 0.3 is 0 Å². The number of piperazine rings is 1. The van der Waals surface area contributed by atoms with Gasteiger partial charge in [0.2, 0.25) is 12.6 Å². The topological polar surface area (TPSA) is 70.9 Å². The predicted molar refractivity (Wildman–Crippen MR) is 113 cm³/mol. The lowest BCUT2D eigenvalue weighted by molar-refractivity contribution is -1.03. The number of ether oxygens (including phenoxy) is 2. The molecule has 1 atom stereocenters. The Morgan fingerprint density at radius 3 is 2.60 bits per heavy atom. The molecule has 1 aromatic heterocycles. The van der Waals surface area contributed by atoms with Crippen LogP contribution in [0.5, 0.6) is 11.5 Å². The van der Waals surface area contributed by atoms with Crippen LogP contribution in [-0.2, 0) is 12.1 Å². The van der Waals surface area contributed by atoms with Gasteiger partial charge in [0.1, 0.15) is 38.8 Å². The summed E-state index contributed by atoms with van der Waals surface area (Å²) < 4.78 is 13.0. The largest absolute Gasteiger partial charge is 0.454 e. The van der Waals surface area contributed by atoms with E-state index in [0.29, 0.717) is 12.8 Å². The number of quaternary nitrogens is 2. The van der Waals surface area contributed by atoms with Gasteiger partial charge in [0.05, 0.1) is 5.54 Å². The van der Waals surface area contributed by atoms with Crippen LogP contribution in [0.3, 0.4) is 0 Å². The van der Waals surface area contributed by atoms with Gasteiger partial charge in [0.25, 0.3) is 0 Å². The smallest absolute Gasteiger partial charge is 0.231 e. The molecule has 3 heterocycles. The maximum absolute atomic E-state index is 5.54. The van der Waals surface area contributed by atoms with Crippen LogP contribution in [-0.4, -0.2) is 53.2 Å². The summed E-state index contributed by atoms with van der Waals surface area (Å²) in [5, 5.41) is 12.9. The Morgan fingerprint density at radius 2 is 1.87 bits per heavy atom. The van der Waals surface area contributed by atoms with Crippen molar-refractivity contribution in [2.24, 2.45) is 0 Å². The molecule has 8 heteroatoms. The van der Waals surface area contributed by atoms with Crippen molar-refractivity contribution < 1.29 is 19.3 Å². The molecule has 2 aliphatic heterocycles. The highest BCUT2D eigenvalue weighted by atomic mass is 16.7. The second-order valence-corrected chi connectivity index (χ2v) is 9.23. The summed E-state index contributed by atoms with van der Waals surface area (Å²) in [5.74, 6) is 2.79. The fourth-order valence-electron chi connectivity index (χ4n) is 4.59. The van der Waals surface area contributed by atoms with Gasteiger partial charge in [-0.05, 0) is 48.9 Å². The lowest BCUT2D eigenvalue weighted by Crippen LogP contribution is -3.27. The van der Waals surface area contributed by atoms with E-state index in [-0.39, 0.29) is 5.54 Å². The molecule has 30 heavy (non-hydrogen) atoms. The first-order valence-corrected chi connectivity index (χ1v) is 11.4. The maximum Gasteiger partial charge on any atom is 0.231 e. The first-order chi connectivity index (χ1) is 14.5. The molecule has 0 radical (unpaired) electrons. The summed E-state index contributed by atoms with van der Waals surface area (Å²) in [6.45, 7) is 14.9. The number of fused-ring (bicyclic) bond motifs is 1. The molecule has 4 rings (SSSR count). The molecule has 1 fully saturated rings. The molecule has 1 aromatic carbocycles. The minimum absolute atomic E-state index is 0.0588. The monoisotopic (exact) mass is 416 g/mol. The molecule has 2 aliphatic rings. The Bertz CT molecular complexity index is 844. The number of hydrogen-bond acceptors (Lipinski definition) is 5. The highest BCUT2D eigenvalue weighted by Gasteiger charge is 2.36. The Morgan fingerprint density at radius 1 is 1.10 bits per heavy atom. The van der Waals surface area contributed by atoms with E-state index < -0.39 is 0 Å². The van der Waals surface area contributed by atoms with Crippen molar-refractivity contribution in [3.63, 3.8) is 0 Å². The van der Waals surface area contributed by atoms with Crippen molar-refractivity contribution in [3.8, 4) is 11.5 Å². The second-order valence-electron chi connectivity index (χ2n) is 9.23. The van der Waals surface area contributed by atoms with Crippen LogP contribution in [0.25, 0.3) is 0 Å². The van der Waals surface area contributed by atoms with Crippen LogP contribution >= 0.6 is 0 Å². The van der Waals surface area contributed by atoms with Crippen molar-refractivity contribution in [1.29, 1.82) is 0 Å². The molecule has 0 bridgehead atoms. The van der Waals surface area contributed by atoms with Gasteiger partial charge in [0, 0.05) is 12.0 Å². The van der Waals surface area contributed by atoms with E-state index in [0.717, 1.165) is 69.3 Å². The lowest BCUT2D eigenvalue weighted by Gasteiger charge is -2.35. The standard InChI is InChI=1S/C22H34N6O2/c1-5-7-18(21-23-24-25-28(21)22(3,4)6-2)27-12-10-26(11-13-27)15-17-8-9-19-20(14-17)30-16-29-19/h8-9,14,18H,5-7,10-13,15-16H2,1-4H3/p+2/t18-/m0/s1. The molecule has 0 unspecified atom stereocenters. The molecule has 0 amide bonds. The van der Waals surface area contributed by atoms with Gasteiger partial charge in [-0.15, -0.1) is 5.10 Å². The third-order valence-electron chi connectivity index (χ3n) is 6.80. The molecule has 0 saturated carbocycles. The van der Waals surface area contributed by atoms with Crippen LogP contribution in [0.2, 0.25) is 0 Å². The zero-order chi connectivity index (χ0) is 21.1. The van der Waals surface area contributed by atoms with Gasteiger partial charge in [-0.1, -0.05) is 20.3 Å². The molecule has 8 nitrogen and oxygen atoms in total. The van der Waals surface area contributed by atoms with Crippen LogP contribution < -0.4 is 19.3 Å². The number of aromatic nitrogens is 4. The Balaban J connectivity index is 1.41. The van der Waals surface area contributed by atoms with E-state index in [9.17, 15) is 0 Å². The maximum atomic E-state index is 5.54. The summed E-state index contributed by atoms with van der Waals surface area (Å²) in [6, 6.07) is 6.70. The fourth-order valence-corrected chi connectivity index (χ4v) is 4.59. The first-order valence-electron chi connectivity index (χ1n) is 11.4. The van der Waals surface area contributed by atoms with E-state index >= 15 is 0 Å². The molecular formula is C22H36N6O2+2. The zero-order valence-corrected chi connectivity index (χ0v) is 18.8. The number of rotatable bonds is 8. The van der Waals surface area contributed by atoms with Crippen LogP contribution in [0, 0.1) is 0 Å². The minimum Gasteiger partial charge on any atom is -0.454 e. The van der Waals surface area contributed by atoms with E-state index in [1.807, 2.05) is 6.07 Å². The van der Waals surface area contributed by atoms with Crippen molar-refractivity contribution in [3.05, 3.63) is 29.6 Å². The number of nitrogens with zero attached hydrogens (tertiary/aromatic N) is 4. The van der Waals surface area contributed by atoms with Crippen molar-refractivity contribution in [1.82, 2.24) is 20.2 Å². The third kappa shape index (κ3) is 4.30. The first kappa shape index (κ1) is 21.1. The zero-order valence-electron chi connectivity index (χ0n) is 18.8. The molecule has 2 aromatic rings. The summed E-state index contributed by atoms with van der Waals surface area (Å²) in [5.41, 5.74) is 1.26. The van der Waals surface area contributed by atoms with Gasteiger partial charge < -0.3 is 19.3 Å². The van der Waals surface area contributed by atoms with Crippen molar-refractivity contribution in [2.45, 2.75) is 65.1 Å². The van der Waals surface area contributed by atoms with Crippen LogP contribution in [0.15, 0.2) is 18.2 Å². The van der Waals surface area contributed by atoms with Gasteiger partial charge in [0.15, 0.2) is 11.5 Å². The quantitative estimate of drug-likeness (QED) is 0.651. The number of benzene rings is 1. The number of hydrogen-bond donors (Lipinski definition) is 2. The number of tetrazole rings is 1. The average molecular weight is 417 g/mol. The highest BCUT2D eigenvalue weighted by molar-refractivity contribution is 5.44. The van der Waals surface area contributed by atoms with Crippen LogP contribution in [0.4, 0.5) is 0 Å². The molecule has 2 N–H and O–H groups in total. The Labute approximate surface area is 179 Å². The summed E-state index contributed by atoms with van der Waals surface area (Å²) >= 11 is 0. The van der Waals surface area contributed by atoms with Gasteiger partial charge in [-0.3, -0.25) is 0 Å². The molecular weight excluding hydrogens is 380 g/mol. The third-order valence-corrected chi connectivity index (χ3v) is 6.80. The highest BCUT2D eigenvalue weighted by Crippen LogP contribution is 2.32. The summed E-state index contributed by atoms with van der Waals surface area (Å²) in [4.78, 5) is 3.25. The van der Waals surface area contributed by atoms with Crippen molar-refractivity contribution >= 4 is 0 Å². The lowest BCUT2D eigenvalue weighted by atomic mass is 10.0. The molecule has 0 aliphatic carbocycles. The van der Waals surface area contributed by atoms with Crippen LogP contribution in [0.1, 0.15) is 64.4 Å². The van der Waals surface area contributed by atoms with E-state index in [1.165, 1.54) is 5.56 Å². The molecule has 1 saturated heterocycles. The second kappa shape index (κ2) is 8.89. The van der Waals surface area contributed by atoms with E-state index in [2.05, 4.69) is 60.0 Å².